The van der Waals surface area contributed by atoms with Crippen LogP contribution >= 0.6 is 23.4 Å². The van der Waals surface area contributed by atoms with E-state index in [0.717, 1.165) is 16.8 Å². The van der Waals surface area contributed by atoms with Gasteiger partial charge in [-0.2, -0.15) is 0 Å². The lowest BCUT2D eigenvalue weighted by Gasteiger charge is -2.15. The number of benzene rings is 3. The first-order chi connectivity index (χ1) is 14.4. The summed E-state index contributed by atoms with van der Waals surface area (Å²) in [6, 6.07) is 19.0. The lowest BCUT2D eigenvalue weighted by molar-refractivity contribution is -0.384. The van der Waals surface area contributed by atoms with Crippen LogP contribution in [0.2, 0.25) is 5.02 Å². The largest absolute Gasteiger partial charge is 0.269 e. The van der Waals surface area contributed by atoms with Gasteiger partial charge in [0.05, 0.1) is 21.5 Å². The first-order valence-corrected chi connectivity index (χ1v) is 10.4. The fourth-order valence-corrected chi connectivity index (χ4v) is 4.28. The van der Waals surface area contributed by atoms with E-state index < -0.39 is 4.92 Å². The number of aryl methyl sites for hydroxylation is 1. The molecular formula is C22H16ClN3O3S. The Balaban J connectivity index is 1.84. The van der Waals surface area contributed by atoms with Crippen molar-refractivity contribution >= 4 is 40.0 Å². The van der Waals surface area contributed by atoms with Gasteiger partial charge in [-0.05, 0) is 42.3 Å². The molecule has 0 fully saturated rings. The van der Waals surface area contributed by atoms with Crippen LogP contribution < -0.4 is 5.56 Å². The smallest absolute Gasteiger partial charge is 0.268 e. The van der Waals surface area contributed by atoms with Crippen LogP contribution in [0.15, 0.2) is 76.7 Å². The lowest BCUT2D eigenvalue weighted by atomic mass is 10.2. The number of hydrogen-bond donors (Lipinski definition) is 0. The Kier molecular flexibility index (Phi) is 5.57. The number of fused-ring (bicyclic) bond motifs is 1. The van der Waals surface area contributed by atoms with Crippen molar-refractivity contribution in [3.05, 3.63) is 103 Å². The molecule has 8 heteroatoms. The molecule has 4 rings (SSSR count). The van der Waals surface area contributed by atoms with Crippen molar-refractivity contribution in [1.82, 2.24) is 9.55 Å². The Bertz CT molecular complexity index is 1340. The molecule has 0 saturated carbocycles. The maximum atomic E-state index is 13.3. The van der Waals surface area contributed by atoms with Crippen molar-refractivity contribution in [2.24, 2.45) is 0 Å². The Morgan fingerprint density at radius 2 is 1.90 bits per heavy atom. The normalized spacial score (nSPS) is 11.0. The summed E-state index contributed by atoms with van der Waals surface area (Å²) in [6.45, 7) is 1.93. The monoisotopic (exact) mass is 437 g/mol. The molecule has 0 aliphatic heterocycles. The fourth-order valence-electron chi connectivity index (χ4n) is 3.17. The van der Waals surface area contributed by atoms with Crippen molar-refractivity contribution in [3.8, 4) is 5.69 Å². The van der Waals surface area contributed by atoms with Gasteiger partial charge in [0, 0.05) is 22.9 Å². The molecule has 0 aliphatic carbocycles. The van der Waals surface area contributed by atoms with Gasteiger partial charge in [0.1, 0.15) is 0 Å². The number of nitrogens with zero attached hydrogens (tertiary/aromatic N) is 3. The zero-order valence-corrected chi connectivity index (χ0v) is 17.5. The molecule has 6 nitrogen and oxygen atoms in total. The van der Waals surface area contributed by atoms with Crippen LogP contribution in [-0.4, -0.2) is 14.5 Å². The number of nitro groups is 1. The number of rotatable bonds is 5. The molecule has 1 heterocycles. The van der Waals surface area contributed by atoms with E-state index in [9.17, 15) is 14.9 Å². The van der Waals surface area contributed by atoms with E-state index in [4.69, 9.17) is 16.6 Å². The zero-order chi connectivity index (χ0) is 21.3. The maximum absolute atomic E-state index is 13.3. The number of hydrogen-bond acceptors (Lipinski definition) is 5. The third-order valence-electron chi connectivity index (χ3n) is 4.65. The van der Waals surface area contributed by atoms with E-state index in [1.165, 1.54) is 23.9 Å². The summed E-state index contributed by atoms with van der Waals surface area (Å²) >= 11 is 7.45. The standard InChI is InChI=1S/C22H16ClN3O3S/c1-14-5-2-3-8-20(14)25-21(27)18-10-9-16(23)12-19(18)24-22(25)30-13-15-6-4-7-17(11-15)26(28)29/h2-12H,13H2,1H3. The number of non-ortho nitro benzene ring substituents is 1. The lowest BCUT2D eigenvalue weighted by Crippen LogP contribution is -2.22. The van der Waals surface area contributed by atoms with Crippen LogP contribution in [0.4, 0.5) is 5.69 Å². The second-order valence-corrected chi connectivity index (χ2v) is 8.08. The Labute approximate surface area is 181 Å². The minimum atomic E-state index is -0.423. The molecule has 0 saturated heterocycles. The van der Waals surface area contributed by atoms with Crippen LogP contribution in [0.3, 0.4) is 0 Å². The van der Waals surface area contributed by atoms with Crippen molar-refractivity contribution in [2.75, 3.05) is 0 Å². The maximum Gasteiger partial charge on any atom is 0.269 e. The van der Waals surface area contributed by atoms with Crippen molar-refractivity contribution in [3.63, 3.8) is 0 Å². The predicted molar refractivity (Wildman–Crippen MR) is 120 cm³/mol. The second kappa shape index (κ2) is 8.30. The molecule has 0 bridgehead atoms. The average molecular weight is 438 g/mol. The Hall–Kier alpha value is -3.16. The first-order valence-electron chi connectivity index (χ1n) is 9.08. The molecule has 0 aliphatic rings. The van der Waals surface area contributed by atoms with Gasteiger partial charge in [0.2, 0.25) is 0 Å². The highest BCUT2D eigenvalue weighted by Gasteiger charge is 2.16. The van der Waals surface area contributed by atoms with Crippen LogP contribution in [-0.2, 0) is 5.75 Å². The number of para-hydroxylation sites is 1. The molecule has 3 aromatic carbocycles. The van der Waals surface area contributed by atoms with E-state index >= 15 is 0 Å². The van der Waals surface area contributed by atoms with Crippen LogP contribution in [0.1, 0.15) is 11.1 Å². The summed E-state index contributed by atoms with van der Waals surface area (Å²) in [4.78, 5) is 28.7. The van der Waals surface area contributed by atoms with Crippen LogP contribution in [0.5, 0.6) is 0 Å². The Morgan fingerprint density at radius 1 is 1.10 bits per heavy atom. The molecule has 1 aromatic heterocycles. The third kappa shape index (κ3) is 3.94. The van der Waals surface area contributed by atoms with Gasteiger partial charge in [-0.25, -0.2) is 4.98 Å². The second-order valence-electron chi connectivity index (χ2n) is 6.70. The molecule has 0 spiro atoms. The van der Waals surface area contributed by atoms with Crippen molar-refractivity contribution in [2.45, 2.75) is 17.8 Å². The van der Waals surface area contributed by atoms with Gasteiger partial charge < -0.3 is 0 Å². The molecule has 150 valence electrons. The average Bonchev–Trinajstić information content (AvgIpc) is 2.73. The molecule has 0 amide bonds. The molecule has 0 radical (unpaired) electrons. The summed E-state index contributed by atoms with van der Waals surface area (Å²) in [6.07, 6.45) is 0. The van der Waals surface area contributed by atoms with Gasteiger partial charge in [-0.3, -0.25) is 19.5 Å². The highest BCUT2D eigenvalue weighted by Crippen LogP contribution is 2.27. The quantitative estimate of drug-likeness (QED) is 0.177. The summed E-state index contributed by atoms with van der Waals surface area (Å²) in [5, 5.41) is 12.5. The van der Waals surface area contributed by atoms with Gasteiger partial charge in [-0.15, -0.1) is 0 Å². The SMILES string of the molecule is Cc1ccccc1-n1c(SCc2cccc([N+](=O)[O-])c2)nc2cc(Cl)ccc2c1=O. The molecule has 0 N–H and O–H groups in total. The van der Waals surface area contributed by atoms with E-state index in [1.807, 2.05) is 37.3 Å². The van der Waals surface area contributed by atoms with Gasteiger partial charge >= 0.3 is 0 Å². The number of nitro benzene ring substituents is 1. The Morgan fingerprint density at radius 3 is 2.67 bits per heavy atom. The van der Waals surface area contributed by atoms with Gasteiger partial charge in [-0.1, -0.05) is 53.7 Å². The predicted octanol–water partition coefficient (Wildman–Crippen LogP) is 5.55. The molecule has 0 unspecified atom stereocenters. The summed E-state index contributed by atoms with van der Waals surface area (Å²) in [7, 11) is 0. The number of halogens is 1. The van der Waals surface area contributed by atoms with Crippen molar-refractivity contribution in [1.29, 1.82) is 0 Å². The molecule has 4 aromatic rings. The summed E-state index contributed by atoms with van der Waals surface area (Å²) in [5.41, 5.74) is 2.81. The highest BCUT2D eigenvalue weighted by atomic mass is 35.5. The minimum absolute atomic E-state index is 0.0302. The third-order valence-corrected chi connectivity index (χ3v) is 5.89. The molecule has 0 atom stereocenters. The number of thioether (sulfide) groups is 1. The molecule has 30 heavy (non-hydrogen) atoms. The first kappa shape index (κ1) is 20.1. The van der Waals surface area contributed by atoms with E-state index in [2.05, 4.69) is 0 Å². The van der Waals surface area contributed by atoms with Gasteiger partial charge in [0.25, 0.3) is 11.2 Å². The summed E-state index contributed by atoms with van der Waals surface area (Å²) in [5.74, 6) is 0.423. The zero-order valence-electron chi connectivity index (χ0n) is 15.9. The fraction of sp³-hybridized carbons (Fsp3) is 0.0909. The van der Waals surface area contributed by atoms with Crippen molar-refractivity contribution < 1.29 is 4.92 Å². The highest BCUT2D eigenvalue weighted by molar-refractivity contribution is 7.98. The summed E-state index contributed by atoms with van der Waals surface area (Å²) < 4.78 is 1.59. The van der Waals surface area contributed by atoms with E-state index in [0.29, 0.717) is 26.8 Å². The van der Waals surface area contributed by atoms with Crippen LogP contribution in [0, 0.1) is 17.0 Å². The minimum Gasteiger partial charge on any atom is -0.268 e. The van der Waals surface area contributed by atoms with E-state index in [1.54, 1.807) is 28.8 Å². The van der Waals surface area contributed by atoms with Gasteiger partial charge in [0.15, 0.2) is 5.16 Å². The molecular weight excluding hydrogens is 422 g/mol. The van der Waals surface area contributed by atoms with E-state index in [-0.39, 0.29) is 11.2 Å². The number of aromatic nitrogens is 2. The van der Waals surface area contributed by atoms with Crippen LogP contribution in [0.25, 0.3) is 16.6 Å². The topological polar surface area (TPSA) is 78.0 Å².